The molecule has 0 saturated heterocycles. The molecule has 0 aliphatic heterocycles. The van der Waals surface area contributed by atoms with E-state index in [2.05, 4.69) is 9.97 Å². The van der Waals surface area contributed by atoms with Crippen molar-refractivity contribution in [2.45, 2.75) is 19.8 Å². The molecule has 0 N–H and O–H groups in total. The third-order valence-corrected chi connectivity index (χ3v) is 4.78. The summed E-state index contributed by atoms with van der Waals surface area (Å²) in [5, 5.41) is 0.518. The summed E-state index contributed by atoms with van der Waals surface area (Å²) in [6, 6.07) is 12.6. The molecule has 2 aromatic heterocycles. The van der Waals surface area contributed by atoms with E-state index < -0.39 is 0 Å². The summed E-state index contributed by atoms with van der Waals surface area (Å²) in [6.07, 6.45) is 5.67. The number of aromatic nitrogens is 2. The van der Waals surface area contributed by atoms with E-state index in [4.69, 9.17) is 11.6 Å². The average molecular weight is 394 g/mol. The van der Waals surface area contributed by atoms with E-state index in [0.29, 0.717) is 17.1 Å². The minimum atomic E-state index is -0.0688. The molecule has 3 aromatic rings. The van der Waals surface area contributed by atoms with Crippen LogP contribution < -0.4 is 4.90 Å². The molecular weight excluding hydrogens is 374 g/mol. The van der Waals surface area contributed by atoms with Crippen LogP contribution in [0.15, 0.2) is 61.1 Å². The number of halogens is 1. The first-order chi connectivity index (χ1) is 13.5. The molecule has 5 nitrogen and oxygen atoms in total. The van der Waals surface area contributed by atoms with Gasteiger partial charge in [-0.05, 0) is 29.8 Å². The number of rotatable bonds is 6. The minimum Gasteiger partial charge on any atom is -0.315 e. The Morgan fingerprint density at radius 1 is 1.11 bits per heavy atom. The standard InChI is InChI=1S/C22H20ClN3O2/c1-3-22(28)26(2)17-7-8-18(19(23)12-17)16-6-9-20(25-14-16)21(27)11-15-5-4-10-24-13-15/h4-10,12-14H,3,11H2,1-2H3. The molecule has 0 unspecified atom stereocenters. The molecule has 0 bridgehead atoms. The number of amides is 1. The summed E-state index contributed by atoms with van der Waals surface area (Å²) in [5.41, 5.74) is 3.58. The molecule has 2 heterocycles. The molecular formula is C22H20ClN3O2. The smallest absolute Gasteiger partial charge is 0.226 e. The van der Waals surface area contributed by atoms with Crippen molar-refractivity contribution >= 4 is 29.0 Å². The summed E-state index contributed by atoms with van der Waals surface area (Å²) in [6.45, 7) is 1.82. The van der Waals surface area contributed by atoms with Gasteiger partial charge in [-0.2, -0.15) is 0 Å². The van der Waals surface area contributed by atoms with Gasteiger partial charge in [-0.3, -0.25) is 19.6 Å². The van der Waals surface area contributed by atoms with Gasteiger partial charge >= 0.3 is 0 Å². The van der Waals surface area contributed by atoms with Crippen LogP contribution in [0.25, 0.3) is 11.1 Å². The second-order valence-electron chi connectivity index (χ2n) is 6.36. The molecule has 0 spiro atoms. The summed E-state index contributed by atoms with van der Waals surface area (Å²) < 4.78 is 0. The molecule has 0 radical (unpaired) electrons. The highest BCUT2D eigenvalue weighted by atomic mass is 35.5. The third-order valence-electron chi connectivity index (χ3n) is 4.46. The van der Waals surface area contributed by atoms with Crippen LogP contribution in [0, 0.1) is 0 Å². The zero-order valence-corrected chi connectivity index (χ0v) is 16.5. The molecule has 6 heteroatoms. The molecule has 0 aliphatic rings. The molecule has 0 fully saturated rings. The van der Waals surface area contributed by atoms with Crippen molar-refractivity contribution in [1.82, 2.24) is 9.97 Å². The Hall–Kier alpha value is -3.05. The van der Waals surface area contributed by atoms with Crippen LogP contribution in [-0.4, -0.2) is 28.7 Å². The Bertz CT molecular complexity index is 988. The first-order valence-corrected chi connectivity index (χ1v) is 9.32. The van der Waals surface area contributed by atoms with Crippen LogP contribution in [-0.2, 0) is 11.2 Å². The van der Waals surface area contributed by atoms with Crippen molar-refractivity contribution in [3.63, 3.8) is 0 Å². The van der Waals surface area contributed by atoms with E-state index in [-0.39, 0.29) is 18.1 Å². The number of hydrogen-bond donors (Lipinski definition) is 0. The van der Waals surface area contributed by atoms with E-state index in [1.165, 1.54) is 0 Å². The van der Waals surface area contributed by atoms with Crippen molar-refractivity contribution in [2.24, 2.45) is 0 Å². The van der Waals surface area contributed by atoms with Gasteiger partial charge in [0, 0.05) is 55.3 Å². The Morgan fingerprint density at radius 2 is 1.93 bits per heavy atom. The second-order valence-corrected chi connectivity index (χ2v) is 6.77. The van der Waals surface area contributed by atoms with Crippen molar-refractivity contribution in [3.05, 3.63) is 77.3 Å². The highest BCUT2D eigenvalue weighted by Gasteiger charge is 2.13. The lowest BCUT2D eigenvalue weighted by Crippen LogP contribution is -2.24. The number of ketones is 1. The van der Waals surface area contributed by atoms with Crippen LogP contribution in [0.2, 0.25) is 5.02 Å². The fraction of sp³-hybridized carbons (Fsp3) is 0.182. The van der Waals surface area contributed by atoms with Gasteiger partial charge in [0.1, 0.15) is 5.69 Å². The topological polar surface area (TPSA) is 63.2 Å². The fourth-order valence-corrected chi connectivity index (χ4v) is 3.11. The third kappa shape index (κ3) is 4.43. The normalized spacial score (nSPS) is 10.5. The van der Waals surface area contributed by atoms with Gasteiger partial charge in [0.05, 0.1) is 5.02 Å². The largest absolute Gasteiger partial charge is 0.315 e. The van der Waals surface area contributed by atoms with Crippen LogP contribution in [0.4, 0.5) is 5.69 Å². The summed E-state index contributed by atoms with van der Waals surface area (Å²) in [5.74, 6) is -0.0531. The number of anilines is 1. The Morgan fingerprint density at radius 3 is 2.54 bits per heavy atom. The molecule has 0 aliphatic carbocycles. The van der Waals surface area contributed by atoms with Crippen LogP contribution in [0.1, 0.15) is 29.4 Å². The Kier molecular flexibility index (Phi) is 6.16. The number of benzene rings is 1. The average Bonchev–Trinajstić information content (AvgIpc) is 2.73. The van der Waals surface area contributed by atoms with Crippen LogP contribution in [0.5, 0.6) is 0 Å². The molecule has 142 valence electrons. The molecule has 3 rings (SSSR count). The van der Waals surface area contributed by atoms with Gasteiger partial charge in [0.15, 0.2) is 5.78 Å². The maximum Gasteiger partial charge on any atom is 0.226 e. The highest BCUT2D eigenvalue weighted by molar-refractivity contribution is 6.33. The number of nitrogens with zero attached hydrogens (tertiary/aromatic N) is 3. The van der Waals surface area contributed by atoms with E-state index in [1.54, 1.807) is 48.7 Å². The fourth-order valence-electron chi connectivity index (χ4n) is 2.82. The number of Topliss-reactive ketones (excluding diaryl/α,β-unsaturated/α-hetero) is 1. The first-order valence-electron chi connectivity index (χ1n) is 8.94. The summed E-state index contributed by atoms with van der Waals surface area (Å²) in [7, 11) is 1.72. The van der Waals surface area contributed by atoms with Gasteiger partial charge in [0.2, 0.25) is 5.91 Å². The predicted molar refractivity (Wildman–Crippen MR) is 111 cm³/mol. The van der Waals surface area contributed by atoms with Gasteiger partial charge in [-0.1, -0.05) is 36.7 Å². The Balaban J connectivity index is 1.78. The maximum atomic E-state index is 12.4. The zero-order valence-electron chi connectivity index (χ0n) is 15.7. The second kappa shape index (κ2) is 8.76. The van der Waals surface area contributed by atoms with Gasteiger partial charge in [0.25, 0.3) is 0 Å². The van der Waals surface area contributed by atoms with Crippen LogP contribution >= 0.6 is 11.6 Å². The lowest BCUT2D eigenvalue weighted by molar-refractivity contribution is -0.118. The van der Waals surface area contributed by atoms with Crippen molar-refractivity contribution in [2.75, 3.05) is 11.9 Å². The van der Waals surface area contributed by atoms with Crippen molar-refractivity contribution < 1.29 is 9.59 Å². The van der Waals surface area contributed by atoms with Crippen molar-refractivity contribution in [1.29, 1.82) is 0 Å². The lowest BCUT2D eigenvalue weighted by Gasteiger charge is -2.17. The first kappa shape index (κ1) is 19.7. The number of carbonyl (C=O) groups is 2. The molecule has 0 saturated carbocycles. The highest BCUT2D eigenvalue weighted by Crippen LogP contribution is 2.31. The maximum absolute atomic E-state index is 12.4. The molecule has 0 atom stereocenters. The van der Waals surface area contributed by atoms with E-state index >= 15 is 0 Å². The quantitative estimate of drug-likeness (QED) is 0.574. The van der Waals surface area contributed by atoms with Crippen LogP contribution in [0.3, 0.4) is 0 Å². The lowest BCUT2D eigenvalue weighted by atomic mass is 10.0. The summed E-state index contributed by atoms with van der Waals surface area (Å²) in [4.78, 5) is 34.1. The number of carbonyl (C=O) groups excluding carboxylic acids is 2. The number of hydrogen-bond acceptors (Lipinski definition) is 4. The van der Waals surface area contributed by atoms with Gasteiger partial charge in [-0.15, -0.1) is 0 Å². The summed E-state index contributed by atoms with van der Waals surface area (Å²) >= 11 is 6.43. The SMILES string of the molecule is CCC(=O)N(C)c1ccc(-c2ccc(C(=O)Cc3cccnc3)nc2)c(Cl)c1. The number of pyridine rings is 2. The Labute approximate surface area is 169 Å². The van der Waals surface area contributed by atoms with E-state index in [0.717, 1.165) is 22.4 Å². The molecule has 1 amide bonds. The zero-order chi connectivity index (χ0) is 20.1. The van der Waals surface area contributed by atoms with Gasteiger partial charge in [-0.25, -0.2) is 0 Å². The predicted octanol–water partition coefficient (Wildman–Crippen LogP) is 4.60. The monoisotopic (exact) mass is 393 g/mol. The molecule has 1 aromatic carbocycles. The minimum absolute atomic E-state index is 0.0157. The molecule has 28 heavy (non-hydrogen) atoms. The van der Waals surface area contributed by atoms with Crippen molar-refractivity contribution in [3.8, 4) is 11.1 Å². The van der Waals surface area contributed by atoms with Gasteiger partial charge < -0.3 is 4.90 Å². The van der Waals surface area contributed by atoms with E-state index in [9.17, 15) is 9.59 Å². The van der Waals surface area contributed by atoms with E-state index in [1.807, 2.05) is 31.2 Å².